The largest absolute Gasteiger partial charge is 0.452 e. The summed E-state index contributed by atoms with van der Waals surface area (Å²) >= 11 is 5.95. The Morgan fingerprint density at radius 1 is 1.06 bits per heavy atom. The summed E-state index contributed by atoms with van der Waals surface area (Å²) in [7, 11) is -2.61. The van der Waals surface area contributed by atoms with Crippen LogP contribution in [-0.2, 0) is 24.3 Å². The van der Waals surface area contributed by atoms with Crippen molar-refractivity contribution in [2.75, 3.05) is 18.0 Å². The smallest absolute Gasteiger partial charge is 0.338 e. The number of esters is 1. The summed E-state index contributed by atoms with van der Waals surface area (Å²) in [6.07, 6.45) is 4.46. The zero-order valence-corrected chi connectivity index (χ0v) is 19.7. The van der Waals surface area contributed by atoms with Gasteiger partial charge in [0.1, 0.15) is 0 Å². The first-order chi connectivity index (χ1) is 15.7. The van der Waals surface area contributed by atoms with Gasteiger partial charge in [-0.15, -0.1) is 0 Å². The van der Waals surface area contributed by atoms with Crippen LogP contribution in [0.1, 0.15) is 42.5 Å². The quantitative estimate of drug-likeness (QED) is 0.592. The lowest BCUT2D eigenvalue weighted by Crippen LogP contribution is -2.38. The van der Waals surface area contributed by atoms with Crippen molar-refractivity contribution in [3.63, 3.8) is 0 Å². The summed E-state index contributed by atoms with van der Waals surface area (Å²) in [4.78, 5) is 36.4. The van der Waals surface area contributed by atoms with E-state index in [1.807, 2.05) is 0 Å². The van der Waals surface area contributed by atoms with Gasteiger partial charge in [-0.05, 0) is 49.2 Å². The van der Waals surface area contributed by atoms with Crippen molar-refractivity contribution >= 4 is 45.1 Å². The lowest BCUT2D eigenvalue weighted by atomic mass is 9.89. The molecule has 0 heterocycles. The maximum atomic E-state index is 13.0. The van der Waals surface area contributed by atoms with Crippen molar-refractivity contribution in [1.29, 1.82) is 0 Å². The molecule has 176 valence electrons. The molecule has 2 aromatic carbocycles. The third kappa shape index (κ3) is 6.33. The second kappa shape index (κ2) is 10.8. The number of ether oxygens (including phenoxy) is 1. The van der Waals surface area contributed by atoms with Crippen molar-refractivity contribution in [3.05, 3.63) is 59.1 Å². The van der Waals surface area contributed by atoms with Crippen LogP contribution in [0.4, 0.5) is 5.69 Å². The predicted octanol–water partition coefficient (Wildman–Crippen LogP) is 3.55. The van der Waals surface area contributed by atoms with E-state index in [2.05, 4.69) is 5.32 Å². The molecule has 0 unspecified atom stereocenters. The molecule has 1 N–H and O–H groups in total. The Hall–Kier alpha value is -2.91. The molecule has 3 rings (SSSR count). The van der Waals surface area contributed by atoms with Gasteiger partial charge in [0.2, 0.25) is 5.91 Å². The zero-order chi connectivity index (χ0) is 24.0. The molecule has 1 fully saturated rings. The molecule has 0 aliphatic heterocycles. The van der Waals surface area contributed by atoms with Gasteiger partial charge < -0.3 is 4.74 Å². The molecule has 0 radical (unpaired) electrons. The minimum atomic E-state index is -3.98. The molecule has 0 spiro atoms. The normalized spacial score (nSPS) is 14.4. The molecule has 2 aromatic rings. The van der Waals surface area contributed by atoms with Gasteiger partial charge in [0.25, 0.3) is 15.9 Å². The third-order valence-corrected chi connectivity index (χ3v) is 7.49. The number of hydrogen-bond donors (Lipinski definition) is 1. The molecule has 0 bridgehead atoms. The van der Waals surface area contributed by atoms with Gasteiger partial charge in [0.15, 0.2) is 6.61 Å². The summed E-state index contributed by atoms with van der Waals surface area (Å²) in [6, 6.07) is 11.7. The molecule has 1 aliphatic carbocycles. The first-order valence-electron chi connectivity index (χ1n) is 10.5. The fourth-order valence-electron chi connectivity index (χ4n) is 3.61. The Morgan fingerprint density at radius 2 is 1.76 bits per heavy atom. The van der Waals surface area contributed by atoms with Crippen LogP contribution < -0.4 is 9.62 Å². The van der Waals surface area contributed by atoms with Crippen LogP contribution in [-0.4, -0.2) is 39.9 Å². The average molecular weight is 493 g/mol. The monoisotopic (exact) mass is 492 g/mol. The number of nitrogens with zero attached hydrogens (tertiary/aromatic N) is 1. The predicted molar refractivity (Wildman–Crippen MR) is 123 cm³/mol. The van der Waals surface area contributed by atoms with Crippen molar-refractivity contribution in [3.8, 4) is 0 Å². The van der Waals surface area contributed by atoms with E-state index >= 15 is 0 Å². The molecule has 33 heavy (non-hydrogen) atoms. The van der Waals surface area contributed by atoms with Crippen LogP contribution in [0.15, 0.2) is 53.4 Å². The minimum absolute atomic E-state index is 0.0398. The highest BCUT2D eigenvalue weighted by atomic mass is 35.5. The summed E-state index contributed by atoms with van der Waals surface area (Å²) < 4.78 is 32.0. The number of sulfonamides is 1. The zero-order valence-electron chi connectivity index (χ0n) is 18.1. The number of carbonyl (C=O) groups is 3. The van der Waals surface area contributed by atoms with Crippen molar-refractivity contribution < 1.29 is 27.5 Å². The van der Waals surface area contributed by atoms with E-state index < -0.39 is 28.5 Å². The van der Waals surface area contributed by atoms with Crippen molar-refractivity contribution in [2.45, 2.75) is 37.0 Å². The van der Waals surface area contributed by atoms with E-state index in [0.29, 0.717) is 10.7 Å². The van der Waals surface area contributed by atoms with Gasteiger partial charge in [-0.2, -0.15) is 0 Å². The fourth-order valence-corrected chi connectivity index (χ4v) is 5.03. The van der Waals surface area contributed by atoms with Crippen LogP contribution >= 0.6 is 11.6 Å². The summed E-state index contributed by atoms with van der Waals surface area (Å²) in [5, 5.41) is 2.64. The molecule has 0 atom stereocenters. The van der Waals surface area contributed by atoms with Crippen LogP contribution in [0.2, 0.25) is 5.02 Å². The number of halogens is 1. The van der Waals surface area contributed by atoms with Crippen LogP contribution in [0.3, 0.4) is 0 Å². The Bertz CT molecular complexity index is 1150. The van der Waals surface area contributed by atoms with Crippen LogP contribution in [0.5, 0.6) is 0 Å². The summed E-state index contributed by atoms with van der Waals surface area (Å²) in [5.41, 5.74) is 0.316. The topological polar surface area (TPSA) is 110 Å². The third-order valence-electron chi connectivity index (χ3n) is 5.47. The van der Waals surface area contributed by atoms with Gasteiger partial charge >= 0.3 is 5.97 Å². The maximum Gasteiger partial charge on any atom is 0.338 e. The number of benzene rings is 2. The molecule has 1 aliphatic rings. The first kappa shape index (κ1) is 24.7. The molecule has 0 aromatic heterocycles. The molecule has 1 saturated carbocycles. The molecule has 10 heteroatoms. The standard InChI is InChI=1S/C23H25ClN2O6S/c1-26(19-11-6-10-18(24)14-19)33(30,31)20-12-5-9-17(13-20)23(29)32-15-21(27)25-22(28)16-7-3-2-4-8-16/h5-6,9-14,16H,2-4,7-8,15H2,1H3,(H,25,27,28). The highest BCUT2D eigenvalue weighted by Gasteiger charge is 2.25. The Labute approximate surface area is 197 Å². The summed E-state index contributed by atoms with van der Waals surface area (Å²) in [5.74, 6) is -2.15. The number of amides is 2. The van der Waals surface area contributed by atoms with Gasteiger partial charge in [0.05, 0.1) is 16.1 Å². The van der Waals surface area contributed by atoms with E-state index in [4.69, 9.17) is 16.3 Å². The fraction of sp³-hybridized carbons (Fsp3) is 0.348. The molecule has 2 amide bonds. The van der Waals surface area contributed by atoms with Crippen molar-refractivity contribution in [2.24, 2.45) is 5.92 Å². The number of hydrogen-bond acceptors (Lipinski definition) is 6. The first-order valence-corrected chi connectivity index (χ1v) is 12.4. The highest BCUT2D eigenvalue weighted by molar-refractivity contribution is 7.92. The minimum Gasteiger partial charge on any atom is -0.452 e. The van der Waals surface area contributed by atoms with Crippen LogP contribution in [0, 0.1) is 5.92 Å². The SMILES string of the molecule is CN(c1cccc(Cl)c1)S(=O)(=O)c1cccc(C(=O)OCC(=O)NC(=O)C2CCCCC2)c1. The van der Waals surface area contributed by atoms with E-state index in [1.54, 1.807) is 18.2 Å². The highest BCUT2D eigenvalue weighted by Crippen LogP contribution is 2.25. The lowest BCUT2D eigenvalue weighted by molar-refractivity contribution is -0.135. The molecular weight excluding hydrogens is 468 g/mol. The second-order valence-corrected chi connectivity index (χ2v) is 10.2. The Kier molecular flexibility index (Phi) is 8.10. The van der Waals surface area contributed by atoms with Gasteiger partial charge in [-0.1, -0.05) is 43.0 Å². The van der Waals surface area contributed by atoms with Gasteiger partial charge in [-0.25, -0.2) is 13.2 Å². The van der Waals surface area contributed by atoms with Gasteiger partial charge in [0, 0.05) is 18.0 Å². The van der Waals surface area contributed by atoms with E-state index in [-0.39, 0.29) is 22.3 Å². The van der Waals surface area contributed by atoms with E-state index in [0.717, 1.165) is 36.4 Å². The lowest BCUT2D eigenvalue weighted by Gasteiger charge is -2.20. The summed E-state index contributed by atoms with van der Waals surface area (Å²) in [6.45, 7) is -0.642. The number of rotatable bonds is 7. The Balaban J connectivity index is 1.63. The van der Waals surface area contributed by atoms with Gasteiger partial charge in [-0.3, -0.25) is 19.2 Å². The van der Waals surface area contributed by atoms with Crippen molar-refractivity contribution in [1.82, 2.24) is 5.32 Å². The number of imide groups is 1. The number of carbonyl (C=O) groups excluding carboxylic acids is 3. The molecule has 8 nitrogen and oxygen atoms in total. The molecular formula is C23H25ClN2O6S. The van der Waals surface area contributed by atoms with E-state index in [9.17, 15) is 22.8 Å². The number of nitrogens with one attached hydrogen (secondary N) is 1. The average Bonchev–Trinajstić information content (AvgIpc) is 2.82. The van der Waals surface area contributed by atoms with E-state index in [1.165, 1.54) is 37.4 Å². The number of anilines is 1. The second-order valence-electron chi connectivity index (χ2n) is 7.80. The van der Waals surface area contributed by atoms with Crippen LogP contribution in [0.25, 0.3) is 0 Å². The Morgan fingerprint density at radius 3 is 2.45 bits per heavy atom. The maximum absolute atomic E-state index is 13.0. The molecule has 0 saturated heterocycles.